The number of carbonyl (C=O) groups excluding carboxylic acids is 1. The fourth-order valence-corrected chi connectivity index (χ4v) is 2.56. The van der Waals surface area contributed by atoms with Crippen molar-refractivity contribution in [3.8, 4) is 0 Å². The molecule has 0 aliphatic carbocycles. The molecule has 0 aliphatic heterocycles. The topological polar surface area (TPSA) is 55.1 Å². The van der Waals surface area contributed by atoms with E-state index in [0.29, 0.717) is 26.1 Å². The van der Waals surface area contributed by atoms with Gasteiger partial charge in [-0.05, 0) is 23.6 Å². The minimum Gasteiger partial charge on any atom is -0.389 e. The van der Waals surface area contributed by atoms with Gasteiger partial charge in [0.1, 0.15) is 9.87 Å². The van der Waals surface area contributed by atoms with Crippen LogP contribution in [0, 0.1) is 0 Å². The second kappa shape index (κ2) is 5.48. The number of thiophene rings is 1. The maximum absolute atomic E-state index is 11.9. The Labute approximate surface area is 119 Å². The Kier molecular flexibility index (Phi) is 3.96. The molecule has 92 valence electrons. The maximum Gasteiger partial charge on any atom is 0.267 e. The molecule has 1 aromatic carbocycles. The van der Waals surface area contributed by atoms with Crippen LogP contribution in [0.5, 0.6) is 0 Å². The minimum absolute atomic E-state index is 0.241. The smallest absolute Gasteiger partial charge is 0.267 e. The number of benzene rings is 1. The molecule has 6 heteroatoms. The van der Waals surface area contributed by atoms with Crippen LogP contribution < -0.4 is 11.1 Å². The van der Waals surface area contributed by atoms with Crippen LogP contribution in [-0.4, -0.2) is 10.9 Å². The summed E-state index contributed by atoms with van der Waals surface area (Å²) in [6, 6.07) is 8.74. The summed E-state index contributed by atoms with van der Waals surface area (Å²) in [7, 11) is 0. The van der Waals surface area contributed by atoms with Crippen molar-refractivity contribution in [2.45, 2.75) is 0 Å². The number of nitrogens with two attached hydrogens (primary N) is 1. The zero-order valence-electron chi connectivity index (χ0n) is 9.14. The van der Waals surface area contributed by atoms with Crippen LogP contribution in [0.2, 0.25) is 5.02 Å². The van der Waals surface area contributed by atoms with Crippen molar-refractivity contribution in [2.24, 2.45) is 5.73 Å². The van der Waals surface area contributed by atoms with Crippen LogP contribution in [-0.2, 0) is 0 Å². The third-order valence-corrected chi connectivity index (χ3v) is 3.80. The number of thiocarbonyl (C=S) groups is 1. The molecule has 0 unspecified atom stereocenters. The molecule has 2 rings (SSSR count). The third kappa shape index (κ3) is 2.87. The Bertz CT molecular complexity index is 610. The Balaban J connectivity index is 2.20. The number of hydrogen-bond acceptors (Lipinski definition) is 3. The Morgan fingerprint density at radius 3 is 2.78 bits per heavy atom. The molecule has 0 spiro atoms. The lowest BCUT2D eigenvalue weighted by atomic mass is 10.2. The summed E-state index contributed by atoms with van der Waals surface area (Å²) in [5, 5.41) is 4.97. The van der Waals surface area contributed by atoms with Crippen molar-refractivity contribution in [3.63, 3.8) is 0 Å². The number of anilines is 1. The number of nitrogens with one attached hydrogen (secondary N) is 1. The first-order chi connectivity index (χ1) is 8.58. The summed E-state index contributed by atoms with van der Waals surface area (Å²) in [5.41, 5.74) is 6.87. The van der Waals surface area contributed by atoms with Crippen molar-refractivity contribution < 1.29 is 4.79 Å². The van der Waals surface area contributed by atoms with Gasteiger partial charge in [-0.15, -0.1) is 11.3 Å². The van der Waals surface area contributed by atoms with Crippen molar-refractivity contribution in [3.05, 3.63) is 51.2 Å². The fraction of sp³-hybridized carbons (Fsp3) is 0. The number of carbonyl (C=O) groups is 1. The van der Waals surface area contributed by atoms with Gasteiger partial charge in [0.25, 0.3) is 5.91 Å². The van der Waals surface area contributed by atoms with E-state index in [1.807, 2.05) is 0 Å². The average Bonchev–Trinajstić information content (AvgIpc) is 2.76. The lowest BCUT2D eigenvalue weighted by Crippen LogP contribution is -2.13. The van der Waals surface area contributed by atoms with Crippen molar-refractivity contribution in [2.75, 3.05) is 5.32 Å². The van der Waals surface area contributed by atoms with Gasteiger partial charge in [-0.25, -0.2) is 0 Å². The average molecular weight is 297 g/mol. The van der Waals surface area contributed by atoms with Gasteiger partial charge in [-0.1, -0.05) is 36.0 Å². The first kappa shape index (κ1) is 13.0. The van der Waals surface area contributed by atoms with E-state index in [1.54, 1.807) is 35.7 Å². The van der Waals surface area contributed by atoms with Gasteiger partial charge >= 0.3 is 0 Å². The van der Waals surface area contributed by atoms with Crippen LogP contribution in [0.1, 0.15) is 15.2 Å². The van der Waals surface area contributed by atoms with Gasteiger partial charge in [-0.3, -0.25) is 4.79 Å². The molecule has 18 heavy (non-hydrogen) atoms. The molecule has 0 saturated heterocycles. The number of rotatable bonds is 3. The molecule has 2 aromatic rings. The van der Waals surface area contributed by atoms with Crippen LogP contribution in [0.3, 0.4) is 0 Å². The predicted octanol–water partition coefficient (Wildman–Crippen LogP) is 3.29. The highest BCUT2D eigenvalue weighted by molar-refractivity contribution is 7.80. The zero-order chi connectivity index (χ0) is 13.1. The zero-order valence-corrected chi connectivity index (χ0v) is 11.5. The van der Waals surface area contributed by atoms with Gasteiger partial charge < -0.3 is 11.1 Å². The number of hydrogen-bond donors (Lipinski definition) is 2. The highest BCUT2D eigenvalue weighted by Crippen LogP contribution is 2.23. The molecule has 1 amide bonds. The Morgan fingerprint density at radius 2 is 2.17 bits per heavy atom. The SMILES string of the molecule is NC(=S)c1cccc(NC(=O)c2sccc2Cl)c1. The van der Waals surface area contributed by atoms with Gasteiger partial charge in [0.05, 0.1) is 5.02 Å². The summed E-state index contributed by atoms with van der Waals surface area (Å²) in [6.45, 7) is 0. The van der Waals surface area contributed by atoms with Crippen LogP contribution in [0.4, 0.5) is 5.69 Å². The van der Waals surface area contributed by atoms with E-state index in [2.05, 4.69) is 5.32 Å². The largest absolute Gasteiger partial charge is 0.389 e. The summed E-state index contributed by atoms with van der Waals surface area (Å²) < 4.78 is 0. The molecule has 0 atom stereocenters. The normalized spacial score (nSPS) is 10.1. The molecule has 3 N–H and O–H groups in total. The third-order valence-electron chi connectivity index (χ3n) is 2.23. The van der Waals surface area contributed by atoms with E-state index in [4.69, 9.17) is 29.6 Å². The maximum atomic E-state index is 11.9. The van der Waals surface area contributed by atoms with Crippen molar-refractivity contribution in [1.29, 1.82) is 0 Å². The van der Waals surface area contributed by atoms with Gasteiger partial charge in [0, 0.05) is 11.3 Å². The molecule has 3 nitrogen and oxygen atoms in total. The highest BCUT2D eigenvalue weighted by atomic mass is 35.5. The van der Waals surface area contributed by atoms with E-state index in [0.717, 1.165) is 0 Å². The minimum atomic E-state index is -0.241. The molecular weight excluding hydrogens is 288 g/mol. The van der Waals surface area contributed by atoms with Crippen LogP contribution in [0.15, 0.2) is 35.7 Å². The molecule has 1 heterocycles. The Morgan fingerprint density at radius 1 is 1.39 bits per heavy atom. The van der Waals surface area contributed by atoms with Gasteiger partial charge in [0.2, 0.25) is 0 Å². The Hall–Kier alpha value is -1.43. The highest BCUT2D eigenvalue weighted by Gasteiger charge is 2.12. The molecule has 0 bridgehead atoms. The fourth-order valence-electron chi connectivity index (χ4n) is 1.39. The van der Waals surface area contributed by atoms with E-state index < -0.39 is 0 Å². The second-order valence-corrected chi connectivity index (χ2v) is 5.26. The molecule has 0 fully saturated rings. The molecule has 0 saturated carbocycles. The lowest BCUT2D eigenvalue weighted by Gasteiger charge is -2.06. The number of halogens is 1. The van der Waals surface area contributed by atoms with Gasteiger partial charge in [-0.2, -0.15) is 0 Å². The van der Waals surface area contributed by atoms with E-state index in [9.17, 15) is 4.79 Å². The molecule has 0 radical (unpaired) electrons. The van der Waals surface area contributed by atoms with Crippen LogP contribution >= 0.6 is 35.2 Å². The summed E-state index contributed by atoms with van der Waals surface area (Å²) in [5.74, 6) is -0.241. The van der Waals surface area contributed by atoms with Crippen molar-refractivity contribution >= 4 is 51.7 Å². The predicted molar refractivity (Wildman–Crippen MR) is 79.6 cm³/mol. The summed E-state index contributed by atoms with van der Waals surface area (Å²) in [6.07, 6.45) is 0. The summed E-state index contributed by atoms with van der Waals surface area (Å²) in [4.78, 5) is 12.7. The monoisotopic (exact) mass is 296 g/mol. The van der Waals surface area contributed by atoms with Crippen LogP contribution in [0.25, 0.3) is 0 Å². The molecule has 0 aliphatic rings. The summed E-state index contributed by atoms with van der Waals surface area (Å²) >= 11 is 12.1. The number of amides is 1. The van der Waals surface area contributed by atoms with Gasteiger partial charge in [0.15, 0.2) is 0 Å². The first-order valence-electron chi connectivity index (χ1n) is 5.02. The lowest BCUT2D eigenvalue weighted by molar-refractivity contribution is 0.103. The van der Waals surface area contributed by atoms with E-state index in [1.165, 1.54) is 11.3 Å². The first-order valence-corrected chi connectivity index (χ1v) is 6.68. The van der Waals surface area contributed by atoms with E-state index >= 15 is 0 Å². The quantitative estimate of drug-likeness (QED) is 0.855. The van der Waals surface area contributed by atoms with Crippen molar-refractivity contribution in [1.82, 2.24) is 0 Å². The molecule has 1 aromatic heterocycles. The standard InChI is InChI=1S/C12H9ClN2OS2/c13-9-4-5-18-10(9)12(16)15-8-3-1-2-7(6-8)11(14)17/h1-6H,(H2,14,17)(H,15,16). The molecular formula is C12H9ClN2OS2. The van der Waals surface area contributed by atoms with E-state index in [-0.39, 0.29) is 5.91 Å². The second-order valence-electron chi connectivity index (χ2n) is 3.50.